The molecule has 0 aromatic heterocycles. The van der Waals surface area contributed by atoms with Crippen LogP contribution in [0, 0.1) is 0 Å². The Morgan fingerprint density at radius 2 is 1.64 bits per heavy atom. The number of hydrogen-bond acceptors (Lipinski definition) is 4. The third kappa shape index (κ3) is 3.26. The Morgan fingerprint density at radius 3 is 2.28 bits per heavy atom. The number of hydrogen-bond donors (Lipinski definition) is 0. The zero-order valence-electron chi connectivity index (χ0n) is 14.5. The van der Waals surface area contributed by atoms with Crippen LogP contribution < -0.4 is 9.64 Å². The van der Waals surface area contributed by atoms with Gasteiger partial charge >= 0.3 is 5.24 Å². The van der Waals surface area contributed by atoms with Crippen molar-refractivity contribution in [2.75, 3.05) is 18.1 Å². The van der Waals surface area contributed by atoms with E-state index in [2.05, 4.69) is 20.8 Å². The number of fused-ring (bicyclic) bond motifs is 1. The van der Waals surface area contributed by atoms with Crippen LogP contribution in [0.4, 0.5) is 10.5 Å². The second kappa shape index (κ2) is 6.19. The molecule has 2 aromatic rings. The van der Waals surface area contributed by atoms with Gasteiger partial charge in [-0.1, -0.05) is 45.0 Å². The Kier molecular flexibility index (Phi) is 4.33. The molecule has 0 saturated heterocycles. The first-order valence-corrected chi connectivity index (χ1v) is 9.58. The minimum atomic E-state index is -3.92. The largest absolute Gasteiger partial charge is 0.492 e. The molecule has 0 spiro atoms. The van der Waals surface area contributed by atoms with E-state index >= 15 is 0 Å². The molecule has 1 amide bonds. The Bertz CT molecular complexity index is 896. The number of para-hydroxylation sites is 1. The van der Waals surface area contributed by atoms with Gasteiger partial charge in [0.15, 0.2) is 0 Å². The Balaban J connectivity index is 1.68. The predicted octanol–water partition coefficient (Wildman–Crippen LogP) is 3.78. The molecule has 6 heteroatoms. The molecular formula is C19H21NO4S. The van der Waals surface area contributed by atoms with E-state index in [9.17, 15) is 13.2 Å². The summed E-state index contributed by atoms with van der Waals surface area (Å²) in [5.41, 5.74) is 1.69. The van der Waals surface area contributed by atoms with Gasteiger partial charge in [-0.05, 0) is 35.2 Å². The van der Waals surface area contributed by atoms with Crippen LogP contribution >= 0.6 is 0 Å². The summed E-state index contributed by atoms with van der Waals surface area (Å²) in [6.07, 6.45) is 0. The van der Waals surface area contributed by atoms with Crippen LogP contribution in [0.25, 0.3) is 0 Å². The van der Waals surface area contributed by atoms with Crippen molar-refractivity contribution in [1.82, 2.24) is 0 Å². The highest BCUT2D eigenvalue weighted by molar-refractivity contribution is 8.07. The first-order valence-electron chi connectivity index (χ1n) is 8.10. The van der Waals surface area contributed by atoms with Gasteiger partial charge in [0.1, 0.15) is 17.3 Å². The fourth-order valence-corrected chi connectivity index (χ4v) is 4.14. The van der Waals surface area contributed by atoms with Crippen LogP contribution in [-0.2, 0) is 15.3 Å². The van der Waals surface area contributed by atoms with E-state index in [1.807, 2.05) is 24.3 Å². The molecule has 5 nitrogen and oxygen atoms in total. The Hall–Kier alpha value is -2.34. The number of rotatable bonds is 4. The van der Waals surface area contributed by atoms with Gasteiger partial charge in [-0.2, -0.15) is 0 Å². The number of amides is 1. The van der Waals surface area contributed by atoms with Crippen molar-refractivity contribution in [3.05, 3.63) is 54.1 Å². The lowest BCUT2D eigenvalue weighted by Crippen LogP contribution is -2.32. The summed E-state index contributed by atoms with van der Waals surface area (Å²) in [5.74, 6) is 0.691. The van der Waals surface area contributed by atoms with Crippen molar-refractivity contribution >= 4 is 20.8 Å². The number of carbonyl (C=O) groups is 1. The third-order valence-corrected chi connectivity index (χ3v) is 5.80. The smallest absolute Gasteiger partial charge is 0.348 e. The zero-order valence-corrected chi connectivity index (χ0v) is 15.3. The molecule has 2 aromatic carbocycles. The van der Waals surface area contributed by atoms with Gasteiger partial charge in [-0.15, -0.1) is 0 Å². The number of carbonyl (C=O) groups excluding carboxylic acids is 1. The molecule has 0 fully saturated rings. The second-order valence-corrected chi connectivity index (χ2v) is 8.81. The summed E-state index contributed by atoms with van der Waals surface area (Å²) in [7, 11) is -3.92. The van der Waals surface area contributed by atoms with Crippen LogP contribution in [0.1, 0.15) is 26.3 Å². The maximum Gasteiger partial charge on any atom is 0.348 e. The zero-order chi connectivity index (χ0) is 18.2. The molecule has 1 heterocycles. The number of ether oxygens (including phenoxy) is 1. The summed E-state index contributed by atoms with van der Waals surface area (Å²) in [4.78, 5) is 13.5. The lowest BCUT2D eigenvalue weighted by atomic mass is 9.87. The molecule has 0 bridgehead atoms. The van der Waals surface area contributed by atoms with Crippen molar-refractivity contribution in [1.29, 1.82) is 0 Å². The fraction of sp³-hybridized carbons (Fsp3) is 0.316. The summed E-state index contributed by atoms with van der Waals surface area (Å²) < 4.78 is 29.9. The molecule has 0 aliphatic carbocycles. The molecule has 0 radical (unpaired) electrons. The van der Waals surface area contributed by atoms with Crippen LogP contribution in [-0.4, -0.2) is 26.8 Å². The van der Waals surface area contributed by atoms with Crippen LogP contribution in [0.3, 0.4) is 0 Å². The van der Waals surface area contributed by atoms with Crippen molar-refractivity contribution in [2.24, 2.45) is 0 Å². The van der Waals surface area contributed by atoms with Gasteiger partial charge < -0.3 is 4.74 Å². The van der Waals surface area contributed by atoms with Gasteiger partial charge in [0, 0.05) is 0 Å². The highest BCUT2D eigenvalue weighted by Crippen LogP contribution is 2.34. The minimum absolute atomic E-state index is 0.0644. The topological polar surface area (TPSA) is 63.7 Å². The van der Waals surface area contributed by atoms with Crippen LogP contribution in [0.5, 0.6) is 5.75 Å². The van der Waals surface area contributed by atoms with E-state index < -0.39 is 15.1 Å². The molecule has 1 aliphatic rings. The van der Waals surface area contributed by atoms with Crippen molar-refractivity contribution in [2.45, 2.75) is 31.1 Å². The number of benzene rings is 2. The molecule has 3 rings (SSSR count). The van der Waals surface area contributed by atoms with E-state index in [0.29, 0.717) is 11.4 Å². The van der Waals surface area contributed by atoms with Gasteiger partial charge in [0.05, 0.1) is 12.2 Å². The summed E-state index contributed by atoms with van der Waals surface area (Å²) in [5, 5.41) is -0.889. The maximum atomic E-state index is 12.2. The van der Waals surface area contributed by atoms with Crippen LogP contribution in [0.15, 0.2) is 53.4 Å². The first kappa shape index (κ1) is 17.5. The van der Waals surface area contributed by atoms with E-state index in [4.69, 9.17) is 4.74 Å². The quantitative estimate of drug-likeness (QED) is 0.833. The molecular weight excluding hydrogens is 338 g/mol. The fourth-order valence-electron chi connectivity index (χ4n) is 2.76. The van der Waals surface area contributed by atoms with Crippen molar-refractivity contribution in [3.8, 4) is 5.75 Å². The van der Waals surface area contributed by atoms with Crippen molar-refractivity contribution in [3.63, 3.8) is 0 Å². The third-order valence-electron chi connectivity index (χ3n) is 4.20. The van der Waals surface area contributed by atoms with Gasteiger partial charge in [-0.25, -0.2) is 8.42 Å². The van der Waals surface area contributed by atoms with E-state index in [-0.39, 0.29) is 23.5 Å². The highest BCUT2D eigenvalue weighted by Gasteiger charge is 2.41. The SMILES string of the molecule is CC(C)(C)c1ccc(OCCN2C(=O)S(=O)(=O)c3ccccc32)cc1. The molecule has 0 atom stereocenters. The summed E-state index contributed by atoms with van der Waals surface area (Å²) >= 11 is 0. The Labute approximate surface area is 148 Å². The predicted molar refractivity (Wildman–Crippen MR) is 97.0 cm³/mol. The monoisotopic (exact) mass is 359 g/mol. The lowest BCUT2D eigenvalue weighted by Gasteiger charge is -2.19. The number of nitrogens with zero attached hydrogens (tertiary/aromatic N) is 1. The molecule has 0 N–H and O–H groups in total. The molecule has 0 saturated carbocycles. The maximum absolute atomic E-state index is 12.2. The first-order chi connectivity index (χ1) is 11.7. The Morgan fingerprint density at radius 1 is 1.00 bits per heavy atom. The van der Waals surface area contributed by atoms with E-state index in [0.717, 1.165) is 0 Å². The summed E-state index contributed by atoms with van der Waals surface area (Å²) in [6.45, 7) is 6.81. The minimum Gasteiger partial charge on any atom is -0.492 e. The van der Waals surface area contributed by atoms with Crippen LogP contribution in [0.2, 0.25) is 0 Å². The number of sulfone groups is 1. The molecule has 1 aliphatic heterocycles. The van der Waals surface area contributed by atoms with E-state index in [1.165, 1.54) is 16.5 Å². The highest BCUT2D eigenvalue weighted by atomic mass is 32.2. The van der Waals surface area contributed by atoms with E-state index in [1.54, 1.807) is 18.2 Å². The average Bonchev–Trinajstić information content (AvgIpc) is 2.76. The standard InChI is InChI=1S/C19H21NO4S/c1-19(2,3)14-8-10-15(11-9-14)24-13-12-20-16-6-4-5-7-17(16)25(22,23)18(20)21/h4-11H,12-13H2,1-3H3. The normalized spacial score (nSPS) is 16.0. The average molecular weight is 359 g/mol. The lowest BCUT2D eigenvalue weighted by molar-refractivity contribution is 0.260. The van der Waals surface area contributed by atoms with Gasteiger partial charge in [0.2, 0.25) is 0 Å². The van der Waals surface area contributed by atoms with Crippen molar-refractivity contribution < 1.29 is 17.9 Å². The van der Waals surface area contributed by atoms with Gasteiger partial charge in [-0.3, -0.25) is 9.69 Å². The summed E-state index contributed by atoms with van der Waals surface area (Å²) in [6, 6.07) is 14.2. The second-order valence-electron chi connectivity index (χ2n) is 7.01. The number of anilines is 1. The van der Waals surface area contributed by atoms with Gasteiger partial charge in [0.25, 0.3) is 9.84 Å². The molecule has 25 heavy (non-hydrogen) atoms. The molecule has 132 valence electrons. The molecule has 0 unspecified atom stereocenters.